The first-order chi connectivity index (χ1) is 6.63. The highest BCUT2D eigenvalue weighted by Crippen LogP contribution is 2.25. The van der Waals surface area contributed by atoms with Crippen LogP contribution in [0.3, 0.4) is 0 Å². The van der Waals surface area contributed by atoms with Crippen LogP contribution in [0.2, 0.25) is 0 Å². The number of phosphoric acid groups is 1. The molecule has 0 aliphatic rings. The second kappa shape index (κ2) is 8.18. The lowest BCUT2D eigenvalue weighted by atomic mass is 10.0. The third-order valence-corrected chi connectivity index (χ3v) is 1.63. The van der Waals surface area contributed by atoms with Crippen molar-refractivity contribution < 1.29 is 34.6 Å². The molecule has 7 nitrogen and oxygen atoms in total. The summed E-state index contributed by atoms with van der Waals surface area (Å²) in [5.41, 5.74) is 0. The van der Waals surface area contributed by atoms with E-state index in [0.29, 0.717) is 12.8 Å². The van der Waals surface area contributed by atoms with Gasteiger partial charge in [0, 0.05) is 0 Å². The zero-order valence-corrected chi connectivity index (χ0v) is 9.58. The third-order valence-electron chi connectivity index (χ3n) is 1.63. The van der Waals surface area contributed by atoms with Crippen LogP contribution < -0.4 is 0 Å². The number of hydrogen-bond acceptors (Lipinski definition) is 4. The second-order valence-electron chi connectivity index (χ2n) is 2.96. The molecular weight excluding hydrogens is 227 g/mol. The molecule has 0 aromatic carbocycles. The Labute approximate surface area is 88.2 Å². The molecule has 0 saturated heterocycles. The van der Waals surface area contributed by atoms with E-state index in [1.54, 1.807) is 13.8 Å². The van der Waals surface area contributed by atoms with E-state index < -0.39 is 26.1 Å². The molecule has 0 spiro atoms. The maximum absolute atomic E-state index is 9.09. The number of aliphatic hydroxyl groups is 3. The molecule has 8 heteroatoms. The molecule has 2 atom stereocenters. The van der Waals surface area contributed by atoms with Crippen molar-refractivity contribution in [2.75, 3.05) is 0 Å². The lowest BCUT2D eigenvalue weighted by Crippen LogP contribution is -2.36. The van der Waals surface area contributed by atoms with E-state index in [0.717, 1.165) is 0 Å². The summed E-state index contributed by atoms with van der Waals surface area (Å²) in [6.45, 7) is 3.52. The zero-order chi connectivity index (χ0) is 12.6. The Kier molecular flexibility index (Phi) is 9.48. The highest BCUT2D eigenvalue weighted by Gasteiger charge is 2.20. The van der Waals surface area contributed by atoms with Gasteiger partial charge in [0.15, 0.2) is 0 Å². The van der Waals surface area contributed by atoms with Crippen molar-refractivity contribution in [2.24, 2.45) is 0 Å². The number of hydrogen-bond donors (Lipinski definition) is 6. The van der Waals surface area contributed by atoms with Crippen molar-refractivity contribution in [3.05, 3.63) is 0 Å². The van der Waals surface area contributed by atoms with E-state index in [9.17, 15) is 0 Å². The highest BCUT2D eigenvalue weighted by molar-refractivity contribution is 7.45. The van der Waals surface area contributed by atoms with Crippen LogP contribution in [0.1, 0.15) is 26.7 Å². The minimum absolute atomic E-state index is 0.470. The van der Waals surface area contributed by atoms with Gasteiger partial charge in [-0.15, -0.1) is 0 Å². The summed E-state index contributed by atoms with van der Waals surface area (Å²) in [6.07, 6.45) is -1.64. The fourth-order valence-electron chi connectivity index (χ4n) is 0.739. The molecule has 0 aliphatic heterocycles. The smallest absolute Gasteiger partial charge is 0.390 e. The van der Waals surface area contributed by atoms with Crippen molar-refractivity contribution in [3.8, 4) is 0 Å². The highest BCUT2D eigenvalue weighted by atomic mass is 31.2. The molecule has 15 heavy (non-hydrogen) atoms. The van der Waals surface area contributed by atoms with Crippen LogP contribution in [0.5, 0.6) is 0 Å². The SMILES string of the molecule is CCC(O)C(O)C(O)CC.O=P(O)(O)O. The van der Waals surface area contributed by atoms with Gasteiger partial charge in [0.05, 0.1) is 12.2 Å². The summed E-state index contributed by atoms with van der Waals surface area (Å²) in [7, 11) is -4.64. The Morgan fingerprint density at radius 2 is 1.13 bits per heavy atom. The normalized spacial score (nSPS) is 17.3. The van der Waals surface area contributed by atoms with Gasteiger partial charge in [0.1, 0.15) is 6.10 Å². The topological polar surface area (TPSA) is 138 Å². The zero-order valence-electron chi connectivity index (χ0n) is 8.69. The van der Waals surface area contributed by atoms with Gasteiger partial charge in [0.2, 0.25) is 0 Å². The standard InChI is InChI=1S/C7H16O3.H3O4P/c1-3-5(8)7(10)6(9)4-2;1-5(2,3)4/h5-10H,3-4H2,1-2H3;(H3,1,2,3,4). The monoisotopic (exact) mass is 246 g/mol. The minimum atomic E-state index is -4.64. The van der Waals surface area contributed by atoms with E-state index >= 15 is 0 Å². The molecule has 0 aromatic heterocycles. The predicted molar refractivity (Wildman–Crippen MR) is 52.9 cm³/mol. The van der Waals surface area contributed by atoms with Gasteiger partial charge in [0.25, 0.3) is 0 Å². The summed E-state index contributed by atoms with van der Waals surface area (Å²) in [5, 5.41) is 27.1. The van der Waals surface area contributed by atoms with Gasteiger partial charge in [-0.1, -0.05) is 13.8 Å². The molecule has 0 fully saturated rings. The fraction of sp³-hybridized carbons (Fsp3) is 1.00. The van der Waals surface area contributed by atoms with Crippen LogP contribution in [0, 0.1) is 0 Å². The van der Waals surface area contributed by atoms with Crippen molar-refractivity contribution in [2.45, 2.75) is 45.0 Å². The maximum atomic E-state index is 9.09. The van der Waals surface area contributed by atoms with Crippen LogP contribution in [0.15, 0.2) is 0 Å². The molecule has 0 rings (SSSR count). The molecule has 2 unspecified atom stereocenters. The Bertz CT molecular complexity index is 174. The van der Waals surface area contributed by atoms with E-state index in [-0.39, 0.29) is 0 Å². The molecular formula is C7H19O7P. The first-order valence-corrected chi connectivity index (χ1v) is 6.02. The van der Waals surface area contributed by atoms with E-state index in [1.807, 2.05) is 0 Å². The van der Waals surface area contributed by atoms with Gasteiger partial charge >= 0.3 is 7.82 Å². The first-order valence-electron chi connectivity index (χ1n) is 4.45. The van der Waals surface area contributed by atoms with Crippen LogP contribution in [0.4, 0.5) is 0 Å². The first kappa shape index (κ1) is 17.4. The molecule has 0 saturated carbocycles. The number of aliphatic hydroxyl groups excluding tert-OH is 3. The second-order valence-corrected chi connectivity index (χ2v) is 3.98. The van der Waals surface area contributed by atoms with Crippen LogP contribution >= 0.6 is 7.82 Å². The van der Waals surface area contributed by atoms with Gasteiger partial charge in [-0.25, -0.2) is 4.57 Å². The summed E-state index contributed by atoms with van der Waals surface area (Å²) in [4.78, 5) is 21.6. The predicted octanol–water partition coefficient (Wildman–Crippen LogP) is -1.04. The molecule has 0 aliphatic carbocycles. The quantitative estimate of drug-likeness (QED) is 0.348. The Morgan fingerprint density at radius 1 is 0.933 bits per heavy atom. The van der Waals surface area contributed by atoms with Crippen molar-refractivity contribution in [1.29, 1.82) is 0 Å². The molecule has 0 amide bonds. The lowest BCUT2D eigenvalue weighted by Gasteiger charge is -2.20. The Balaban J connectivity index is 0. The van der Waals surface area contributed by atoms with Gasteiger partial charge in [-0.05, 0) is 12.8 Å². The average molecular weight is 246 g/mol. The number of rotatable bonds is 4. The maximum Gasteiger partial charge on any atom is 0.466 e. The van der Waals surface area contributed by atoms with Gasteiger partial charge in [-0.2, -0.15) is 0 Å². The molecule has 0 aromatic rings. The Hall–Kier alpha value is -0.0100. The van der Waals surface area contributed by atoms with Crippen LogP contribution in [0.25, 0.3) is 0 Å². The molecule has 94 valence electrons. The van der Waals surface area contributed by atoms with E-state index in [4.69, 9.17) is 34.6 Å². The van der Waals surface area contributed by atoms with Crippen LogP contribution in [-0.4, -0.2) is 48.3 Å². The summed E-state index contributed by atoms with van der Waals surface area (Å²) >= 11 is 0. The molecule has 0 radical (unpaired) electrons. The van der Waals surface area contributed by atoms with Gasteiger partial charge < -0.3 is 30.0 Å². The molecule has 6 N–H and O–H groups in total. The summed E-state index contributed by atoms with van der Waals surface area (Å²) in [5.74, 6) is 0. The van der Waals surface area contributed by atoms with Crippen LogP contribution in [-0.2, 0) is 4.57 Å². The van der Waals surface area contributed by atoms with Crippen molar-refractivity contribution >= 4 is 7.82 Å². The third kappa shape index (κ3) is 14.0. The van der Waals surface area contributed by atoms with E-state index in [2.05, 4.69) is 0 Å². The fourth-order valence-corrected chi connectivity index (χ4v) is 0.739. The van der Waals surface area contributed by atoms with Gasteiger partial charge in [-0.3, -0.25) is 0 Å². The average Bonchev–Trinajstić information content (AvgIpc) is 2.11. The minimum Gasteiger partial charge on any atom is -0.390 e. The molecule has 0 bridgehead atoms. The summed E-state index contributed by atoms with van der Waals surface area (Å²) in [6, 6.07) is 0. The lowest BCUT2D eigenvalue weighted by molar-refractivity contribution is -0.0606. The largest absolute Gasteiger partial charge is 0.466 e. The summed E-state index contributed by atoms with van der Waals surface area (Å²) < 4.78 is 8.88. The van der Waals surface area contributed by atoms with Crippen molar-refractivity contribution in [1.82, 2.24) is 0 Å². The van der Waals surface area contributed by atoms with E-state index in [1.165, 1.54) is 0 Å². The molecule has 0 heterocycles. The van der Waals surface area contributed by atoms with Crippen molar-refractivity contribution in [3.63, 3.8) is 0 Å². The Morgan fingerprint density at radius 3 is 1.27 bits per heavy atom.